The molecule has 1 aliphatic carbocycles. The van der Waals surface area contributed by atoms with Crippen LogP contribution in [0.25, 0.3) is 16.6 Å². The summed E-state index contributed by atoms with van der Waals surface area (Å²) in [5.74, 6) is -1.79. The molecule has 4 aliphatic heterocycles. The number of allylic oxidation sites excluding steroid dienone is 3. The average molecular weight is 897 g/mol. The molecule has 9 rings (SSSR count). The van der Waals surface area contributed by atoms with E-state index in [0.717, 1.165) is 80.3 Å². The third-order valence-corrected chi connectivity index (χ3v) is 15.0. The van der Waals surface area contributed by atoms with Crippen molar-refractivity contribution in [3.8, 4) is 0 Å². The van der Waals surface area contributed by atoms with Crippen molar-refractivity contribution in [2.75, 3.05) is 59.7 Å². The molecule has 64 heavy (non-hydrogen) atoms. The highest BCUT2D eigenvalue weighted by Gasteiger charge is 2.46. The smallest absolute Gasteiger partial charge is 0.267 e. The molecular weight excluding hydrogens is 835 g/mol. The van der Waals surface area contributed by atoms with Crippen molar-refractivity contribution >= 4 is 57.0 Å². The molecule has 11 nitrogen and oxygen atoms in total. The highest BCUT2D eigenvalue weighted by molar-refractivity contribution is 6.33. The van der Waals surface area contributed by atoms with Crippen LogP contribution in [0.4, 0.5) is 42.0 Å². The fraction of sp³-hybridized carbons (Fsp3) is 0.490. The van der Waals surface area contributed by atoms with E-state index < -0.39 is 17.8 Å². The van der Waals surface area contributed by atoms with Crippen LogP contribution in [-0.4, -0.2) is 81.9 Å². The van der Waals surface area contributed by atoms with Gasteiger partial charge in [0.05, 0.1) is 34.8 Å². The van der Waals surface area contributed by atoms with Gasteiger partial charge in [0, 0.05) is 110 Å². The Morgan fingerprint density at radius 2 is 1.78 bits per heavy atom. The number of aryl methyl sites for hydroxylation is 1. The second kappa shape index (κ2) is 17.3. The fourth-order valence-corrected chi connectivity index (χ4v) is 10.8. The van der Waals surface area contributed by atoms with Gasteiger partial charge in [-0.2, -0.15) is 10.1 Å². The zero-order valence-electron chi connectivity index (χ0n) is 37.5. The highest BCUT2D eigenvalue weighted by Crippen LogP contribution is 2.47. The highest BCUT2D eigenvalue weighted by atomic mass is 35.5. The van der Waals surface area contributed by atoms with Crippen molar-refractivity contribution in [3.63, 3.8) is 0 Å². The SMILES string of the molecule is C=CNc1cc(F)c(Nc2nc(N3CC4(CCC(CN5CCN(c6ccc7c(C8CCC(=C)NC8=C)nn(C)c7c6)CC5C)CC4)C3)ncc2Cl)cc1C1=C(C)CCC(F)(F)C(C)N1. The van der Waals surface area contributed by atoms with E-state index in [1.807, 2.05) is 18.7 Å². The number of piperidine rings is 1. The fourth-order valence-electron chi connectivity index (χ4n) is 10.7. The van der Waals surface area contributed by atoms with E-state index in [1.165, 1.54) is 55.9 Å². The number of nitrogens with one attached hydrogen (secondary N) is 4. The number of anilines is 5. The molecule has 0 amide bonds. The van der Waals surface area contributed by atoms with Crippen molar-refractivity contribution in [3.05, 3.63) is 102 Å². The van der Waals surface area contributed by atoms with E-state index in [-0.39, 0.29) is 40.7 Å². The first kappa shape index (κ1) is 44.0. The van der Waals surface area contributed by atoms with Gasteiger partial charge in [0.15, 0.2) is 5.82 Å². The molecule has 340 valence electrons. The normalized spacial score (nSPS) is 24.0. The lowest BCUT2D eigenvalue weighted by molar-refractivity contribution is -0.0320. The number of alkyl halides is 2. The Hall–Kier alpha value is -5.21. The largest absolute Gasteiger partial charge is 0.376 e. The van der Waals surface area contributed by atoms with Gasteiger partial charge in [0.1, 0.15) is 10.8 Å². The minimum atomic E-state index is -2.89. The van der Waals surface area contributed by atoms with E-state index >= 15 is 4.39 Å². The van der Waals surface area contributed by atoms with Gasteiger partial charge in [-0.15, -0.1) is 0 Å². The number of halogens is 4. The predicted octanol–water partition coefficient (Wildman–Crippen LogP) is 10.3. The van der Waals surface area contributed by atoms with Crippen molar-refractivity contribution in [1.29, 1.82) is 0 Å². The standard InChI is InChI=1S/C49H61ClF3N11/c1-8-54-41-23-40(51)42(22-38(41)44-29(2)13-18-49(52,53)33(6)57-44)58-46-39(50)24-55-47(59-46)64-27-48(28-64)16-14-34(15-17-48)26-62-19-20-63(25-31(62)4)35-10-12-37-43(21-35)61(7)60-45(37)36-11-9-30(3)56-32(36)5/h8,10,12,21-24,31,33-34,36,54,56-57H,1,3,5,9,11,13-20,25-28H2,2,4,6-7H3,(H,55,58,59). The average Bonchev–Trinajstić information content (AvgIpc) is 3.53. The first-order chi connectivity index (χ1) is 30.6. The topological polar surface area (TPSA) is 101 Å². The van der Waals surface area contributed by atoms with Gasteiger partial charge >= 0.3 is 0 Å². The third-order valence-electron chi connectivity index (χ3n) is 14.7. The van der Waals surface area contributed by atoms with Gasteiger partial charge in [-0.25, -0.2) is 18.2 Å². The maximum atomic E-state index is 15.7. The van der Waals surface area contributed by atoms with Crippen LogP contribution in [0.1, 0.15) is 89.3 Å². The Bertz CT molecular complexity index is 2500. The number of hydrogen-bond acceptors (Lipinski definition) is 10. The summed E-state index contributed by atoms with van der Waals surface area (Å²) >= 11 is 6.60. The van der Waals surface area contributed by atoms with E-state index in [1.54, 1.807) is 12.3 Å². The molecule has 4 fully saturated rings. The molecular formula is C49H61ClF3N11. The number of benzene rings is 2. The Morgan fingerprint density at radius 3 is 2.52 bits per heavy atom. The maximum Gasteiger partial charge on any atom is 0.267 e. The van der Waals surface area contributed by atoms with Crippen LogP contribution in [0, 0.1) is 17.2 Å². The molecule has 6 heterocycles. The number of aromatic nitrogens is 4. The second-order valence-electron chi connectivity index (χ2n) is 19.1. The number of nitrogens with zero attached hydrogens (tertiary/aromatic N) is 7. The van der Waals surface area contributed by atoms with Gasteiger partial charge in [-0.3, -0.25) is 9.58 Å². The van der Waals surface area contributed by atoms with Crippen molar-refractivity contribution in [1.82, 2.24) is 35.3 Å². The van der Waals surface area contributed by atoms with E-state index in [0.29, 0.717) is 34.9 Å². The molecule has 4 N–H and O–H groups in total. The summed E-state index contributed by atoms with van der Waals surface area (Å²) in [4.78, 5) is 16.7. The summed E-state index contributed by atoms with van der Waals surface area (Å²) in [5.41, 5.74) is 8.08. The summed E-state index contributed by atoms with van der Waals surface area (Å²) in [5, 5.41) is 18.8. The summed E-state index contributed by atoms with van der Waals surface area (Å²) in [6.45, 7) is 23.6. The van der Waals surface area contributed by atoms with E-state index in [4.69, 9.17) is 21.7 Å². The molecule has 3 atom stereocenters. The number of hydrogen-bond donors (Lipinski definition) is 4. The van der Waals surface area contributed by atoms with Crippen LogP contribution < -0.4 is 31.1 Å². The molecule has 15 heteroatoms. The Morgan fingerprint density at radius 1 is 1.00 bits per heavy atom. The van der Waals surface area contributed by atoms with Crippen LogP contribution in [0.3, 0.4) is 0 Å². The monoisotopic (exact) mass is 895 g/mol. The van der Waals surface area contributed by atoms with Crippen molar-refractivity contribution in [2.24, 2.45) is 18.4 Å². The van der Waals surface area contributed by atoms with Gasteiger partial charge in [-0.1, -0.05) is 31.3 Å². The number of fused-ring (bicyclic) bond motifs is 1. The third kappa shape index (κ3) is 8.55. The zero-order valence-corrected chi connectivity index (χ0v) is 38.3. The molecule has 3 unspecified atom stereocenters. The Labute approximate surface area is 379 Å². The van der Waals surface area contributed by atoms with Crippen LogP contribution in [0.15, 0.2) is 79.4 Å². The molecule has 2 aromatic carbocycles. The lowest BCUT2D eigenvalue weighted by Gasteiger charge is -2.54. The number of piperazine rings is 1. The van der Waals surface area contributed by atoms with Crippen LogP contribution >= 0.6 is 11.6 Å². The maximum absolute atomic E-state index is 15.7. The van der Waals surface area contributed by atoms with Gasteiger partial charge in [-0.05, 0) is 108 Å². The molecule has 1 saturated carbocycles. The predicted molar refractivity (Wildman–Crippen MR) is 254 cm³/mol. The van der Waals surface area contributed by atoms with Gasteiger partial charge < -0.3 is 31.1 Å². The Balaban J connectivity index is 0.794. The minimum absolute atomic E-state index is 0.114. The molecule has 3 saturated heterocycles. The van der Waals surface area contributed by atoms with Crippen LogP contribution in [-0.2, 0) is 7.05 Å². The summed E-state index contributed by atoms with van der Waals surface area (Å²) < 4.78 is 47.2. The van der Waals surface area contributed by atoms with Crippen LogP contribution in [0.2, 0.25) is 5.02 Å². The molecule has 2 aromatic heterocycles. The summed E-state index contributed by atoms with van der Waals surface area (Å²) in [6.07, 6.45) is 9.54. The van der Waals surface area contributed by atoms with Gasteiger partial charge in [0.2, 0.25) is 5.95 Å². The van der Waals surface area contributed by atoms with E-state index in [2.05, 4.69) is 85.8 Å². The molecule has 5 aliphatic rings. The first-order valence-electron chi connectivity index (χ1n) is 22.8. The lowest BCUT2D eigenvalue weighted by Crippen LogP contribution is -2.59. The van der Waals surface area contributed by atoms with Gasteiger partial charge in [0.25, 0.3) is 5.92 Å². The number of rotatable bonds is 10. The summed E-state index contributed by atoms with van der Waals surface area (Å²) in [6, 6.07) is 9.09. The minimum Gasteiger partial charge on any atom is -0.376 e. The second-order valence-corrected chi connectivity index (χ2v) is 19.6. The quantitative estimate of drug-likeness (QED) is 0.123. The first-order valence-corrected chi connectivity index (χ1v) is 23.2. The summed E-state index contributed by atoms with van der Waals surface area (Å²) in [7, 11) is 2.04. The van der Waals surface area contributed by atoms with E-state index in [9.17, 15) is 8.78 Å². The van der Waals surface area contributed by atoms with Crippen LogP contribution in [0.5, 0.6) is 0 Å². The molecule has 0 bridgehead atoms. The van der Waals surface area contributed by atoms with Crippen molar-refractivity contribution < 1.29 is 13.2 Å². The molecule has 4 aromatic rings. The molecule has 1 spiro atoms. The zero-order chi connectivity index (χ0) is 45.1. The molecule has 0 radical (unpaired) electrons. The Kier molecular flexibility index (Phi) is 11.9. The lowest BCUT2D eigenvalue weighted by atomic mass is 9.66. The van der Waals surface area contributed by atoms with Crippen molar-refractivity contribution in [2.45, 2.75) is 96.1 Å².